The molecule has 2 aromatic carbocycles. The first-order valence-corrected chi connectivity index (χ1v) is 7.26. The molecule has 1 atom stereocenters. The molecule has 20 heavy (non-hydrogen) atoms. The van der Waals surface area contributed by atoms with Crippen LogP contribution in [0, 0.1) is 12.7 Å². The molecule has 2 nitrogen and oxygen atoms in total. The summed E-state index contributed by atoms with van der Waals surface area (Å²) in [5, 5.41) is 0.0452. The van der Waals surface area contributed by atoms with Gasteiger partial charge in [0.1, 0.15) is 17.7 Å². The smallest absolute Gasteiger partial charge is 0.145 e. The molecule has 0 saturated heterocycles. The van der Waals surface area contributed by atoms with Crippen molar-refractivity contribution in [3.8, 4) is 5.75 Å². The molecule has 2 aromatic rings. The molecule has 5 heteroatoms. The minimum atomic E-state index is -0.524. The summed E-state index contributed by atoms with van der Waals surface area (Å²) in [6.07, 6.45) is -0.340. The molecular weight excluding hydrogens is 345 g/mol. The third-order valence-corrected chi connectivity index (χ3v) is 3.82. The maximum Gasteiger partial charge on any atom is 0.145 e. The summed E-state index contributed by atoms with van der Waals surface area (Å²) in [5.74, 6) is -0.146. The molecule has 0 saturated carbocycles. The van der Waals surface area contributed by atoms with Gasteiger partial charge in [0.15, 0.2) is 0 Å². The van der Waals surface area contributed by atoms with Crippen molar-refractivity contribution < 1.29 is 9.13 Å². The second kappa shape index (κ2) is 6.57. The van der Waals surface area contributed by atoms with Crippen LogP contribution in [0.15, 0.2) is 40.9 Å². The average molecular weight is 359 g/mol. The fraction of sp³-hybridized carbons (Fsp3) is 0.200. The van der Waals surface area contributed by atoms with Crippen molar-refractivity contribution in [2.24, 2.45) is 5.73 Å². The Kier molecular flexibility index (Phi) is 5.02. The lowest BCUT2D eigenvalue weighted by atomic mass is 10.1. The predicted octanol–water partition coefficient (Wildman–Crippen LogP) is 4.63. The van der Waals surface area contributed by atoms with Crippen LogP contribution in [-0.4, -0.2) is 6.54 Å². The molecule has 0 aliphatic carbocycles. The van der Waals surface area contributed by atoms with E-state index in [0.717, 1.165) is 11.1 Å². The molecular formula is C15H14BrClFNO. The third-order valence-electron chi connectivity index (χ3n) is 2.91. The highest BCUT2D eigenvalue weighted by Gasteiger charge is 2.15. The molecule has 0 aliphatic rings. The molecule has 0 amide bonds. The van der Waals surface area contributed by atoms with Gasteiger partial charge >= 0.3 is 0 Å². The summed E-state index contributed by atoms with van der Waals surface area (Å²) < 4.78 is 19.9. The van der Waals surface area contributed by atoms with Gasteiger partial charge in [0.25, 0.3) is 0 Å². The highest BCUT2D eigenvalue weighted by molar-refractivity contribution is 9.10. The maximum absolute atomic E-state index is 13.5. The van der Waals surface area contributed by atoms with E-state index in [1.165, 1.54) is 12.1 Å². The molecule has 0 heterocycles. The van der Waals surface area contributed by atoms with E-state index in [1.807, 2.05) is 31.2 Å². The zero-order valence-electron chi connectivity index (χ0n) is 10.9. The number of benzene rings is 2. The first kappa shape index (κ1) is 15.3. The van der Waals surface area contributed by atoms with Gasteiger partial charge in [-0.3, -0.25) is 0 Å². The molecule has 2 rings (SSSR count). The van der Waals surface area contributed by atoms with Crippen LogP contribution in [0.25, 0.3) is 0 Å². The van der Waals surface area contributed by atoms with Gasteiger partial charge in [-0.15, -0.1) is 0 Å². The number of halogens is 3. The highest BCUT2D eigenvalue weighted by Crippen LogP contribution is 2.33. The Morgan fingerprint density at radius 3 is 2.55 bits per heavy atom. The topological polar surface area (TPSA) is 35.2 Å². The van der Waals surface area contributed by atoms with Gasteiger partial charge < -0.3 is 10.5 Å². The molecule has 1 unspecified atom stereocenters. The minimum absolute atomic E-state index is 0.0452. The van der Waals surface area contributed by atoms with E-state index in [0.29, 0.717) is 16.8 Å². The summed E-state index contributed by atoms with van der Waals surface area (Å²) in [6, 6.07) is 10.6. The molecule has 0 aromatic heterocycles. The quantitative estimate of drug-likeness (QED) is 0.809. The zero-order valence-corrected chi connectivity index (χ0v) is 13.2. The lowest BCUT2D eigenvalue weighted by molar-refractivity contribution is 0.212. The van der Waals surface area contributed by atoms with E-state index in [-0.39, 0.29) is 11.1 Å². The van der Waals surface area contributed by atoms with Crippen LogP contribution in [0.2, 0.25) is 5.02 Å². The molecule has 0 radical (unpaired) electrons. The summed E-state index contributed by atoms with van der Waals surface area (Å²) in [5.41, 5.74) is 7.85. The Labute approximate surface area is 130 Å². The number of aryl methyl sites for hydroxylation is 1. The van der Waals surface area contributed by atoms with E-state index >= 15 is 0 Å². The van der Waals surface area contributed by atoms with Crippen molar-refractivity contribution in [3.05, 3.63) is 62.8 Å². The van der Waals surface area contributed by atoms with Crippen LogP contribution in [0.4, 0.5) is 4.39 Å². The molecule has 0 aliphatic heterocycles. The van der Waals surface area contributed by atoms with Crippen LogP contribution in [0.5, 0.6) is 5.75 Å². The van der Waals surface area contributed by atoms with Crippen LogP contribution < -0.4 is 10.5 Å². The predicted molar refractivity (Wildman–Crippen MR) is 82.7 cm³/mol. The molecule has 0 spiro atoms. The van der Waals surface area contributed by atoms with Crippen LogP contribution in [-0.2, 0) is 0 Å². The first-order valence-electron chi connectivity index (χ1n) is 6.09. The minimum Gasteiger partial charge on any atom is -0.483 e. The van der Waals surface area contributed by atoms with Crippen molar-refractivity contribution in [1.82, 2.24) is 0 Å². The van der Waals surface area contributed by atoms with Gasteiger partial charge in [-0.05, 0) is 34.5 Å². The first-order chi connectivity index (χ1) is 9.51. The Bertz CT molecular complexity index is 604. The summed E-state index contributed by atoms with van der Waals surface area (Å²) >= 11 is 9.01. The lowest BCUT2D eigenvalue weighted by Crippen LogP contribution is -2.18. The van der Waals surface area contributed by atoms with Gasteiger partial charge in [0.05, 0.1) is 9.50 Å². The number of hydrogen-bond donors (Lipinski definition) is 1. The highest BCUT2D eigenvalue weighted by atomic mass is 79.9. The Morgan fingerprint density at radius 2 is 1.95 bits per heavy atom. The number of ether oxygens (including phenoxy) is 1. The van der Waals surface area contributed by atoms with E-state index in [9.17, 15) is 4.39 Å². The van der Waals surface area contributed by atoms with Crippen molar-refractivity contribution in [2.75, 3.05) is 6.54 Å². The van der Waals surface area contributed by atoms with Crippen LogP contribution >= 0.6 is 27.5 Å². The van der Waals surface area contributed by atoms with Crippen LogP contribution in [0.3, 0.4) is 0 Å². The molecule has 2 N–H and O–H groups in total. The number of rotatable bonds is 4. The van der Waals surface area contributed by atoms with Crippen molar-refractivity contribution in [2.45, 2.75) is 13.0 Å². The fourth-order valence-electron chi connectivity index (χ4n) is 1.78. The molecule has 0 bridgehead atoms. The number of nitrogens with two attached hydrogens (primary N) is 1. The van der Waals surface area contributed by atoms with E-state index in [4.69, 9.17) is 22.1 Å². The summed E-state index contributed by atoms with van der Waals surface area (Å²) in [4.78, 5) is 0. The van der Waals surface area contributed by atoms with Gasteiger partial charge in [0.2, 0.25) is 0 Å². The van der Waals surface area contributed by atoms with Crippen molar-refractivity contribution in [3.63, 3.8) is 0 Å². The SMILES string of the molecule is Cc1ccc(C(CN)Oc2cc(F)c(Cl)cc2Br)cc1. The summed E-state index contributed by atoms with van der Waals surface area (Å²) in [7, 11) is 0. The zero-order chi connectivity index (χ0) is 14.7. The number of hydrogen-bond acceptors (Lipinski definition) is 2. The van der Waals surface area contributed by atoms with Crippen LogP contribution in [0.1, 0.15) is 17.2 Å². The van der Waals surface area contributed by atoms with Gasteiger partial charge in [-0.25, -0.2) is 4.39 Å². The largest absolute Gasteiger partial charge is 0.483 e. The van der Waals surface area contributed by atoms with Crippen molar-refractivity contribution >= 4 is 27.5 Å². The Hall–Kier alpha value is -1.10. The van der Waals surface area contributed by atoms with E-state index in [1.54, 1.807) is 0 Å². The van der Waals surface area contributed by atoms with Gasteiger partial charge in [-0.1, -0.05) is 41.4 Å². The third kappa shape index (κ3) is 3.51. The Balaban J connectivity index is 2.26. The Morgan fingerprint density at radius 1 is 1.30 bits per heavy atom. The monoisotopic (exact) mass is 357 g/mol. The van der Waals surface area contributed by atoms with Gasteiger partial charge in [-0.2, -0.15) is 0 Å². The van der Waals surface area contributed by atoms with Gasteiger partial charge in [0, 0.05) is 12.6 Å². The average Bonchev–Trinajstić information content (AvgIpc) is 2.42. The second-order valence-electron chi connectivity index (χ2n) is 4.45. The van der Waals surface area contributed by atoms with E-state index in [2.05, 4.69) is 15.9 Å². The summed E-state index contributed by atoms with van der Waals surface area (Å²) in [6.45, 7) is 2.30. The lowest BCUT2D eigenvalue weighted by Gasteiger charge is -2.19. The second-order valence-corrected chi connectivity index (χ2v) is 5.71. The van der Waals surface area contributed by atoms with Crippen molar-refractivity contribution in [1.29, 1.82) is 0 Å². The standard InChI is InChI=1S/C15H14BrClFNO/c1-9-2-4-10(5-3-9)15(8-19)20-14-7-13(18)12(17)6-11(14)16/h2-7,15H,8,19H2,1H3. The molecule has 0 fully saturated rings. The van der Waals surface area contributed by atoms with E-state index < -0.39 is 5.82 Å². The molecule has 106 valence electrons. The fourth-order valence-corrected chi connectivity index (χ4v) is 2.51. The normalized spacial score (nSPS) is 12.2. The maximum atomic E-state index is 13.5.